The fourth-order valence-electron chi connectivity index (χ4n) is 2.75. The summed E-state index contributed by atoms with van der Waals surface area (Å²) in [5.74, 6) is -0.718. The Morgan fingerprint density at radius 3 is 2.11 bits per heavy atom. The van der Waals surface area contributed by atoms with E-state index >= 15 is 0 Å². The predicted octanol–water partition coefficient (Wildman–Crippen LogP) is 3.65. The van der Waals surface area contributed by atoms with Crippen LogP contribution in [0.1, 0.15) is 43.8 Å². The number of aromatic carboxylic acids is 1. The number of hydrogen-bond acceptors (Lipinski definition) is 5. The van der Waals surface area contributed by atoms with Gasteiger partial charge in [0.2, 0.25) is 5.76 Å². The number of aliphatic hydroxyl groups excluding tert-OH is 1. The largest absolute Gasteiger partial charge is 0.492 e. The zero-order chi connectivity index (χ0) is 19.8. The minimum atomic E-state index is -1.10. The fraction of sp³-hybridized carbons (Fsp3) is 0.350. The van der Waals surface area contributed by atoms with Gasteiger partial charge in [-0.3, -0.25) is 0 Å². The summed E-state index contributed by atoms with van der Waals surface area (Å²) in [4.78, 5) is 10.9. The minimum Gasteiger partial charge on any atom is -0.475 e. The molecule has 1 aliphatic rings. The van der Waals surface area contributed by atoms with Gasteiger partial charge in [0.1, 0.15) is 5.76 Å². The zero-order valence-electron chi connectivity index (χ0n) is 15.9. The molecule has 1 aromatic carbocycles. The van der Waals surface area contributed by atoms with Crippen LogP contribution in [0.2, 0.25) is 0 Å². The summed E-state index contributed by atoms with van der Waals surface area (Å²) < 4.78 is 17.3. The van der Waals surface area contributed by atoms with Crippen LogP contribution in [0.4, 0.5) is 0 Å². The number of hydrogen-bond donors (Lipinski definition) is 2. The lowest BCUT2D eigenvalue weighted by Crippen LogP contribution is -2.41. The van der Waals surface area contributed by atoms with E-state index in [-0.39, 0.29) is 12.4 Å². The first-order chi connectivity index (χ1) is 12.6. The molecule has 0 atom stereocenters. The Bertz CT molecular complexity index is 847. The number of carbonyl (C=O) groups is 1. The summed E-state index contributed by atoms with van der Waals surface area (Å²) in [6.07, 6.45) is 1.83. The summed E-state index contributed by atoms with van der Waals surface area (Å²) in [5.41, 5.74) is 1.31. The highest BCUT2D eigenvalue weighted by molar-refractivity contribution is 6.55. The van der Waals surface area contributed by atoms with E-state index in [0.29, 0.717) is 11.2 Å². The van der Waals surface area contributed by atoms with Crippen molar-refractivity contribution in [1.29, 1.82) is 0 Å². The van der Waals surface area contributed by atoms with Crippen molar-refractivity contribution in [3.8, 4) is 11.3 Å². The van der Waals surface area contributed by atoms with Crippen molar-refractivity contribution >= 4 is 19.2 Å². The quantitative estimate of drug-likeness (QED) is 0.781. The predicted molar refractivity (Wildman–Crippen MR) is 102 cm³/mol. The van der Waals surface area contributed by atoms with Gasteiger partial charge in [-0.1, -0.05) is 30.3 Å². The van der Waals surface area contributed by atoms with Crippen molar-refractivity contribution in [1.82, 2.24) is 0 Å². The lowest BCUT2D eigenvalue weighted by molar-refractivity contribution is 0.00578. The zero-order valence-corrected chi connectivity index (χ0v) is 15.9. The molecular formula is C20H23BO6. The van der Waals surface area contributed by atoms with Gasteiger partial charge in [0.15, 0.2) is 0 Å². The Kier molecular flexibility index (Phi) is 5.03. The van der Waals surface area contributed by atoms with E-state index in [1.165, 1.54) is 6.07 Å². The first-order valence-corrected chi connectivity index (χ1v) is 8.73. The van der Waals surface area contributed by atoms with Crippen LogP contribution in [0, 0.1) is 0 Å². The van der Waals surface area contributed by atoms with Crippen LogP contribution in [0.15, 0.2) is 46.3 Å². The Hall–Kier alpha value is -2.35. The second kappa shape index (κ2) is 7.00. The third kappa shape index (κ3) is 3.85. The monoisotopic (exact) mass is 370 g/mol. The highest BCUT2D eigenvalue weighted by atomic mass is 16.7. The van der Waals surface area contributed by atoms with Gasteiger partial charge in [0, 0.05) is 5.56 Å². The van der Waals surface area contributed by atoms with Crippen molar-refractivity contribution < 1.29 is 28.7 Å². The Morgan fingerprint density at radius 1 is 1.04 bits per heavy atom. The highest BCUT2D eigenvalue weighted by Crippen LogP contribution is 2.38. The molecular weight excluding hydrogens is 347 g/mol. The number of rotatable bonds is 5. The lowest BCUT2D eigenvalue weighted by Gasteiger charge is -2.32. The number of carboxylic acids is 1. The van der Waals surface area contributed by atoms with Crippen LogP contribution >= 0.6 is 0 Å². The van der Waals surface area contributed by atoms with Gasteiger partial charge in [0.25, 0.3) is 0 Å². The molecule has 2 aromatic rings. The van der Waals surface area contributed by atoms with Crippen molar-refractivity contribution in [2.24, 2.45) is 0 Å². The van der Waals surface area contributed by atoms with Crippen LogP contribution in [0.25, 0.3) is 17.4 Å². The fourth-order valence-corrected chi connectivity index (χ4v) is 2.75. The standard InChI is InChI=1S/C20H23BO6/c1-19(2)20(3,4)27-21(26-19)15(12-22)11-13-5-7-14(8-6-13)16-9-10-17(25-16)18(23)24/h5-11,22H,12H2,1-4H3,(H,23,24). The van der Waals surface area contributed by atoms with E-state index in [9.17, 15) is 9.90 Å². The second-order valence-corrected chi connectivity index (χ2v) is 7.56. The van der Waals surface area contributed by atoms with E-state index in [4.69, 9.17) is 18.8 Å². The molecule has 1 fully saturated rings. The summed E-state index contributed by atoms with van der Waals surface area (Å²) in [7, 11) is -0.608. The molecule has 142 valence electrons. The van der Waals surface area contributed by atoms with Crippen molar-refractivity contribution in [2.45, 2.75) is 38.9 Å². The van der Waals surface area contributed by atoms with E-state index in [0.717, 1.165) is 11.1 Å². The summed E-state index contributed by atoms with van der Waals surface area (Å²) in [5, 5.41) is 18.7. The van der Waals surface area contributed by atoms with Gasteiger partial charge in [-0.15, -0.1) is 0 Å². The maximum absolute atomic E-state index is 10.9. The minimum absolute atomic E-state index is 0.0997. The number of furan rings is 1. The molecule has 3 rings (SSSR count). The molecule has 1 aromatic heterocycles. The normalized spacial score (nSPS) is 18.7. The molecule has 0 unspecified atom stereocenters. The van der Waals surface area contributed by atoms with Gasteiger partial charge in [-0.2, -0.15) is 0 Å². The van der Waals surface area contributed by atoms with Gasteiger partial charge in [0.05, 0.1) is 17.8 Å². The molecule has 27 heavy (non-hydrogen) atoms. The molecule has 0 bridgehead atoms. The first kappa shape index (κ1) is 19.4. The van der Waals surface area contributed by atoms with Gasteiger partial charge >= 0.3 is 13.1 Å². The summed E-state index contributed by atoms with van der Waals surface area (Å²) in [6.45, 7) is 7.67. The van der Waals surface area contributed by atoms with Gasteiger partial charge < -0.3 is 23.9 Å². The second-order valence-electron chi connectivity index (χ2n) is 7.56. The molecule has 0 aliphatic carbocycles. The third-order valence-electron chi connectivity index (χ3n) is 5.10. The van der Waals surface area contributed by atoms with Crippen molar-refractivity contribution in [3.63, 3.8) is 0 Å². The first-order valence-electron chi connectivity index (χ1n) is 8.73. The number of benzene rings is 1. The summed E-state index contributed by atoms with van der Waals surface area (Å²) in [6, 6.07) is 10.4. The lowest BCUT2D eigenvalue weighted by atomic mass is 9.77. The Labute approximate surface area is 158 Å². The van der Waals surface area contributed by atoms with Crippen LogP contribution in [-0.2, 0) is 9.31 Å². The van der Waals surface area contributed by atoms with Crippen LogP contribution in [-0.4, -0.2) is 41.1 Å². The molecule has 2 heterocycles. The van der Waals surface area contributed by atoms with Gasteiger partial charge in [-0.05, 0) is 50.9 Å². The van der Waals surface area contributed by atoms with Crippen LogP contribution < -0.4 is 0 Å². The SMILES string of the molecule is CC1(C)OB(C(=Cc2ccc(-c3ccc(C(=O)O)o3)cc2)CO)OC1(C)C. The Morgan fingerprint density at radius 2 is 1.63 bits per heavy atom. The van der Waals surface area contributed by atoms with E-state index in [1.807, 2.05) is 58.0 Å². The van der Waals surface area contributed by atoms with Crippen molar-refractivity contribution in [2.75, 3.05) is 6.61 Å². The Balaban J connectivity index is 1.80. The van der Waals surface area contributed by atoms with Gasteiger partial charge in [-0.25, -0.2) is 4.79 Å². The van der Waals surface area contributed by atoms with E-state index in [1.54, 1.807) is 6.07 Å². The summed E-state index contributed by atoms with van der Waals surface area (Å²) >= 11 is 0. The van der Waals surface area contributed by atoms with E-state index < -0.39 is 24.3 Å². The molecule has 2 N–H and O–H groups in total. The molecule has 7 heteroatoms. The molecule has 0 spiro atoms. The number of aliphatic hydroxyl groups is 1. The molecule has 1 saturated heterocycles. The molecule has 0 saturated carbocycles. The molecule has 1 aliphatic heterocycles. The van der Waals surface area contributed by atoms with E-state index in [2.05, 4.69) is 0 Å². The maximum Gasteiger partial charge on any atom is 0.492 e. The smallest absolute Gasteiger partial charge is 0.475 e. The average molecular weight is 370 g/mol. The average Bonchev–Trinajstić information content (AvgIpc) is 3.16. The highest BCUT2D eigenvalue weighted by Gasteiger charge is 2.52. The molecule has 0 amide bonds. The maximum atomic E-state index is 10.9. The molecule has 0 radical (unpaired) electrons. The van der Waals surface area contributed by atoms with Crippen LogP contribution in [0.5, 0.6) is 0 Å². The molecule has 6 nitrogen and oxygen atoms in total. The third-order valence-corrected chi connectivity index (χ3v) is 5.10. The number of carboxylic acid groups (broad SMARTS) is 1. The van der Waals surface area contributed by atoms with Crippen molar-refractivity contribution in [3.05, 3.63) is 53.2 Å². The van der Waals surface area contributed by atoms with Crippen LogP contribution in [0.3, 0.4) is 0 Å². The topological polar surface area (TPSA) is 89.1 Å².